The normalized spacial score (nSPS) is 24.8. The molecule has 3 aliphatic heterocycles. The van der Waals surface area contributed by atoms with Gasteiger partial charge >= 0.3 is 11.9 Å². The van der Waals surface area contributed by atoms with E-state index in [4.69, 9.17) is 23.7 Å². The Morgan fingerprint density at radius 1 is 1.16 bits per heavy atom. The number of ether oxygens (including phenoxy) is 5. The van der Waals surface area contributed by atoms with Gasteiger partial charge in [-0.2, -0.15) is 0 Å². The van der Waals surface area contributed by atoms with Crippen molar-refractivity contribution >= 4 is 11.9 Å². The SMILES string of the molecule is COC(=O)CC(CCCC(C)(C)O)C(=O)O[C@@H]1C(OC)=C2CCN3CCc4cc5c(cc4[C@H]1[C@@H]23)OCO5. The molecule has 0 amide bonds. The van der Waals surface area contributed by atoms with Crippen LogP contribution in [0.15, 0.2) is 23.5 Å². The Morgan fingerprint density at radius 3 is 2.59 bits per heavy atom. The molecule has 0 aromatic heterocycles. The second kappa shape index (κ2) is 10.2. The van der Waals surface area contributed by atoms with Gasteiger partial charge in [0.05, 0.1) is 32.2 Å². The summed E-state index contributed by atoms with van der Waals surface area (Å²) < 4.78 is 28.4. The van der Waals surface area contributed by atoms with Crippen LogP contribution >= 0.6 is 0 Å². The number of esters is 2. The molecule has 9 nitrogen and oxygen atoms in total. The zero-order chi connectivity index (χ0) is 26.3. The number of carbonyl (C=O) groups excluding carboxylic acids is 2. The van der Waals surface area contributed by atoms with Crippen LogP contribution in [0.3, 0.4) is 0 Å². The lowest BCUT2D eigenvalue weighted by molar-refractivity contribution is -0.159. The lowest BCUT2D eigenvalue weighted by Gasteiger charge is -2.30. The van der Waals surface area contributed by atoms with Crippen molar-refractivity contribution in [1.29, 1.82) is 0 Å². The molecule has 0 radical (unpaired) electrons. The topological polar surface area (TPSA) is 104 Å². The maximum atomic E-state index is 13.6. The highest BCUT2D eigenvalue weighted by Gasteiger charge is 2.53. The third kappa shape index (κ3) is 5.03. The predicted molar refractivity (Wildman–Crippen MR) is 133 cm³/mol. The van der Waals surface area contributed by atoms with Gasteiger partial charge in [-0.15, -0.1) is 0 Å². The van der Waals surface area contributed by atoms with E-state index in [-0.39, 0.29) is 25.2 Å². The third-order valence-corrected chi connectivity index (χ3v) is 8.10. The largest absolute Gasteiger partial charge is 0.497 e. The van der Waals surface area contributed by atoms with Crippen LogP contribution in [0.4, 0.5) is 0 Å². The molecule has 202 valence electrons. The van der Waals surface area contributed by atoms with Gasteiger partial charge in [0.25, 0.3) is 0 Å². The minimum atomic E-state index is -0.851. The number of rotatable bonds is 9. The molecule has 1 unspecified atom stereocenters. The highest BCUT2D eigenvalue weighted by molar-refractivity contribution is 5.80. The molecule has 4 aliphatic rings. The summed E-state index contributed by atoms with van der Waals surface area (Å²) in [5, 5.41) is 10.1. The molecule has 1 fully saturated rings. The zero-order valence-electron chi connectivity index (χ0n) is 22.1. The van der Waals surface area contributed by atoms with Crippen molar-refractivity contribution in [3.05, 3.63) is 34.6 Å². The van der Waals surface area contributed by atoms with Crippen LogP contribution in [0.5, 0.6) is 11.5 Å². The van der Waals surface area contributed by atoms with Gasteiger partial charge < -0.3 is 28.8 Å². The molecular formula is C28H37NO8. The summed E-state index contributed by atoms with van der Waals surface area (Å²) in [4.78, 5) is 28.2. The molecule has 4 atom stereocenters. The van der Waals surface area contributed by atoms with Gasteiger partial charge in [-0.1, -0.05) is 0 Å². The van der Waals surface area contributed by atoms with E-state index in [0.717, 1.165) is 42.8 Å². The second-order valence-electron chi connectivity index (χ2n) is 11.0. The van der Waals surface area contributed by atoms with Crippen LogP contribution in [0.2, 0.25) is 0 Å². The summed E-state index contributed by atoms with van der Waals surface area (Å²) in [5.74, 6) is 0.451. The van der Waals surface area contributed by atoms with Gasteiger partial charge in [-0.3, -0.25) is 14.5 Å². The minimum Gasteiger partial charge on any atom is -0.497 e. The Balaban J connectivity index is 1.45. The summed E-state index contributed by atoms with van der Waals surface area (Å²) in [5.41, 5.74) is 2.59. The number of fused-ring (bicyclic) bond motifs is 3. The highest BCUT2D eigenvalue weighted by atomic mass is 16.7. The molecule has 1 aromatic rings. The standard InChI is InChI=1S/C28H37NO8/c1-28(2,32)9-5-6-17(13-22(30)33-3)27(31)37-26-23-19-14-21-20(35-15-36-21)12-16(19)7-10-29-11-8-18(24(23)29)25(26)34-4/h12,14,17,23-24,26,32H,5-11,13,15H2,1-4H3/t17?,23-,24+,26-/m0/s1. The van der Waals surface area contributed by atoms with E-state index in [1.54, 1.807) is 21.0 Å². The Bertz CT molecular complexity index is 1090. The van der Waals surface area contributed by atoms with Crippen molar-refractivity contribution in [1.82, 2.24) is 4.90 Å². The van der Waals surface area contributed by atoms with Crippen LogP contribution in [0.25, 0.3) is 0 Å². The number of benzene rings is 1. The van der Waals surface area contributed by atoms with Gasteiger partial charge in [0.1, 0.15) is 5.76 Å². The summed E-state index contributed by atoms with van der Waals surface area (Å²) in [6.07, 6.45) is 2.57. The Morgan fingerprint density at radius 2 is 1.89 bits per heavy atom. The third-order valence-electron chi connectivity index (χ3n) is 8.10. The fraction of sp³-hybridized carbons (Fsp3) is 0.643. The zero-order valence-corrected chi connectivity index (χ0v) is 22.1. The molecule has 1 aliphatic carbocycles. The van der Waals surface area contributed by atoms with Crippen molar-refractivity contribution in [3.8, 4) is 11.5 Å². The van der Waals surface area contributed by atoms with Crippen molar-refractivity contribution in [2.75, 3.05) is 34.1 Å². The smallest absolute Gasteiger partial charge is 0.310 e. The van der Waals surface area contributed by atoms with E-state index in [9.17, 15) is 14.7 Å². The maximum absolute atomic E-state index is 13.6. The first-order valence-corrected chi connectivity index (χ1v) is 13.1. The van der Waals surface area contributed by atoms with Gasteiger partial charge in [-0.25, -0.2) is 0 Å². The molecule has 0 spiro atoms. The Hall–Kier alpha value is -2.78. The van der Waals surface area contributed by atoms with Gasteiger partial charge in [0.15, 0.2) is 17.6 Å². The van der Waals surface area contributed by atoms with E-state index in [1.165, 1.54) is 12.7 Å². The average Bonchev–Trinajstić information content (AvgIpc) is 3.52. The van der Waals surface area contributed by atoms with Crippen LogP contribution in [-0.2, 0) is 30.2 Å². The van der Waals surface area contributed by atoms with E-state index in [0.29, 0.717) is 30.8 Å². The molecule has 5 rings (SSSR count). The van der Waals surface area contributed by atoms with Crippen molar-refractivity contribution in [2.24, 2.45) is 5.92 Å². The molecule has 37 heavy (non-hydrogen) atoms. The fourth-order valence-corrected chi connectivity index (χ4v) is 6.33. The maximum Gasteiger partial charge on any atom is 0.310 e. The monoisotopic (exact) mass is 515 g/mol. The van der Waals surface area contributed by atoms with Crippen molar-refractivity contribution in [2.45, 2.75) is 76.0 Å². The first kappa shape index (κ1) is 25.9. The van der Waals surface area contributed by atoms with E-state index in [1.807, 2.05) is 6.07 Å². The van der Waals surface area contributed by atoms with Crippen LogP contribution in [0.1, 0.15) is 63.0 Å². The van der Waals surface area contributed by atoms with Crippen LogP contribution < -0.4 is 9.47 Å². The molecule has 3 heterocycles. The molecule has 0 bridgehead atoms. The first-order valence-electron chi connectivity index (χ1n) is 13.1. The van der Waals surface area contributed by atoms with Crippen LogP contribution in [-0.4, -0.2) is 73.8 Å². The number of methoxy groups -OCH3 is 2. The van der Waals surface area contributed by atoms with Crippen molar-refractivity contribution < 1.29 is 38.4 Å². The molecule has 9 heteroatoms. The van der Waals surface area contributed by atoms with E-state index in [2.05, 4.69) is 11.0 Å². The average molecular weight is 516 g/mol. The molecule has 0 saturated carbocycles. The van der Waals surface area contributed by atoms with Crippen molar-refractivity contribution in [3.63, 3.8) is 0 Å². The van der Waals surface area contributed by atoms with Crippen LogP contribution in [0, 0.1) is 5.92 Å². The Labute approximate surface area is 217 Å². The summed E-state index contributed by atoms with van der Waals surface area (Å²) in [7, 11) is 2.95. The summed E-state index contributed by atoms with van der Waals surface area (Å²) in [6.45, 7) is 5.50. The van der Waals surface area contributed by atoms with Gasteiger partial charge in [-0.05, 0) is 74.8 Å². The number of hydrogen-bond donors (Lipinski definition) is 1. The summed E-state index contributed by atoms with van der Waals surface area (Å²) >= 11 is 0. The highest BCUT2D eigenvalue weighted by Crippen LogP contribution is 2.52. The predicted octanol–water partition coefficient (Wildman–Crippen LogP) is 3.08. The lowest BCUT2D eigenvalue weighted by atomic mass is 9.86. The quantitative estimate of drug-likeness (QED) is 0.497. The number of aliphatic hydroxyl groups is 1. The second-order valence-corrected chi connectivity index (χ2v) is 11.0. The van der Waals surface area contributed by atoms with E-state index >= 15 is 0 Å². The first-order chi connectivity index (χ1) is 17.7. The van der Waals surface area contributed by atoms with Gasteiger partial charge in [0.2, 0.25) is 6.79 Å². The molecule has 1 saturated heterocycles. The number of carbonyl (C=O) groups is 2. The number of nitrogens with zero attached hydrogens (tertiary/aromatic N) is 1. The Kier molecular flexibility index (Phi) is 7.11. The molecular weight excluding hydrogens is 478 g/mol. The molecule has 1 aromatic carbocycles. The van der Waals surface area contributed by atoms with E-state index < -0.39 is 29.6 Å². The summed E-state index contributed by atoms with van der Waals surface area (Å²) in [6, 6.07) is 4.18. The molecule has 1 N–H and O–H groups in total. The fourth-order valence-electron chi connectivity index (χ4n) is 6.33. The minimum absolute atomic E-state index is 0.0672. The lowest BCUT2D eigenvalue weighted by Crippen LogP contribution is -2.38. The van der Waals surface area contributed by atoms with Gasteiger partial charge in [0, 0.05) is 25.0 Å². The number of hydrogen-bond acceptors (Lipinski definition) is 9.